The Hall–Kier alpha value is -1.55. The normalized spacial score (nSPS) is 18.9. The van der Waals surface area contributed by atoms with Crippen molar-refractivity contribution in [2.24, 2.45) is 5.73 Å². The summed E-state index contributed by atoms with van der Waals surface area (Å²) in [6, 6.07) is 6.56. The van der Waals surface area contributed by atoms with Gasteiger partial charge in [0, 0.05) is 12.5 Å². The van der Waals surface area contributed by atoms with E-state index in [2.05, 4.69) is 11.4 Å². The monoisotopic (exact) mass is 290 g/mol. The minimum absolute atomic E-state index is 0.0880. The van der Waals surface area contributed by atoms with Gasteiger partial charge in [0.1, 0.15) is 5.75 Å². The number of carbonyl (C=O) groups is 1. The van der Waals surface area contributed by atoms with E-state index in [0.717, 1.165) is 18.6 Å². The summed E-state index contributed by atoms with van der Waals surface area (Å²) in [7, 11) is 0. The first kappa shape index (κ1) is 15.8. The van der Waals surface area contributed by atoms with Crippen LogP contribution in [-0.2, 0) is 4.79 Å². The Morgan fingerprint density at radius 2 is 1.95 bits per heavy atom. The standard InChI is InChI=1S/C17H26N2O2/c1-11-7-12(2)9-15(8-11)21-13(3)10-17(4,16(18)20)19-14-5-6-14/h7-9,13-14,19H,5-6,10H2,1-4H3,(H2,18,20). The highest BCUT2D eigenvalue weighted by atomic mass is 16.5. The van der Waals surface area contributed by atoms with Gasteiger partial charge in [-0.25, -0.2) is 0 Å². The molecule has 1 aromatic carbocycles. The van der Waals surface area contributed by atoms with E-state index in [0.29, 0.717) is 12.5 Å². The summed E-state index contributed by atoms with van der Waals surface area (Å²) in [5.41, 5.74) is 7.22. The molecule has 116 valence electrons. The molecular formula is C17H26N2O2. The minimum Gasteiger partial charge on any atom is -0.491 e. The minimum atomic E-state index is -0.709. The van der Waals surface area contributed by atoms with Crippen LogP contribution in [0, 0.1) is 13.8 Å². The van der Waals surface area contributed by atoms with Crippen molar-refractivity contribution in [1.82, 2.24) is 5.32 Å². The van der Waals surface area contributed by atoms with Crippen LogP contribution in [0.15, 0.2) is 18.2 Å². The molecule has 3 N–H and O–H groups in total. The van der Waals surface area contributed by atoms with Gasteiger partial charge in [0.05, 0.1) is 11.6 Å². The summed E-state index contributed by atoms with van der Waals surface area (Å²) < 4.78 is 5.98. The predicted octanol–water partition coefficient (Wildman–Crippen LogP) is 2.46. The summed E-state index contributed by atoms with van der Waals surface area (Å²) in [5, 5.41) is 3.35. The van der Waals surface area contributed by atoms with Crippen molar-refractivity contribution in [3.63, 3.8) is 0 Å². The number of rotatable bonds is 7. The van der Waals surface area contributed by atoms with Crippen molar-refractivity contribution >= 4 is 5.91 Å². The lowest BCUT2D eigenvalue weighted by Gasteiger charge is -2.30. The summed E-state index contributed by atoms with van der Waals surface area (Å²) in [4.78, 5) is 11.8. The number of ether oxygens (including phenoxy) is 1. The molecule has 21 heavy (non-hydrogen) atoms. The predicted molar refractivity (Wildman–Crippen MR) is 84.4 cm³/mol. The van der Waals surface area contributed by atoms with Crippen molar-refractivity contribution < 1.29 is 9.53 Å². The van der Waals surface area contributed by atoms with Gasteiger partial charge in [-0.2, -0.15) is 0 Å². The Bertz CT molecular complexity index is 505. The van der Waals surface area contributed by atoms with Gasteiger partial charge in [-0.1, -0.05) is 6.07 Å². The van der Waals surface area contributed by atoms with E-state index in [4.69, 9.17) is 10.5 Å². The van der Waals surface area contributed by atoms with Crippen molar-refractivity contribution in [2.45, 2.75) is 64.6 Å². The Kier molecular flexibility index (Phi) is 4.57. The quantitative estimate of drug-likeness (QED) is 0.810. The highest BCUT2D eigenvalue weighted by Gasteiger charge is 2.38. The first-order valence-electron chi connectivity index (χ1n) is 7.61. The Morgan fingerprint density at radius 3 is 2.43 bits per heavy atom. The first-order valence-corrected chi connectivity index (χ1v) is 7.61. The van der Waals surface area contributed by atoms with Crippen molar-refractivity contribution in [3.8, 4) is 5.75 Å². The van der Waals surface area contributed by atoms with Gasteiger partial charge in [0.15, 0.2) is 0 Å². The maximum atomic E-state index is 11.8. The van der Waals surface area contributed by atoms with Gasteiger partial charge in [0.2, 0.25) is 5.91 Å². The van der Waals surface area contributed by atoms with Gasteiger partial charge in [-0.15, -0.1) is 0 Å². The summed E-state index contributed by atoms with van der Waals surface area (Å²) in [6.45, 7) is 7.95. The second-order valence-electron chi connectivity index (χ2n) is 6.57. The molecule has 1 fully saturated rings. The van der Waals surface area contributed by atoms with Crippen molar-refractivity contribution in [2.75, 3.05) is 0 Å². The fraction of sp³-hybridized carbons (Fsp3) is 0.588. The Morgan fingerprint density at radius 1 is 1.38 bits per heavy atom. The second-order valence-corrected chi connectivity index (χ2v) is 6.57. The van der Waals surface area contributed by atoms with Crippen LogP contribution in [0.1, 0.15) is 44.2 Å². The molecular weight excluding hydrogens is 264 g/mol. The molecule has 4 heteroatoms. The molecule has 0 aromatic heterocycles. The molecule has 0 heterocycles. The van der Waals surface area contributed by atoms with E-state index in [1.165, 1.54) is 11.1 Å². The molecule has 1 aliphatic rings. The number of carbonyl (C=O) groups excluding carboxylic acids is 1. The van der Waals surface area contributed by atoms with Crippen LogP contribution < -0.4 is 15.8 Å². The van der Waals surface area contributed by atoms with E-state index in [9.17, 15) is 4.79 Å². The van der Waals surface area contributed by atoms with Crippen LogP contribution in [0.5, 0.6) is 5.75 Å². The molecule has 2 rings (SSSR count). The lowest BCUT2D eigenvalue weighted by Crippen LogP contribution is -2.55. The van der Waals surface area contributed by atoms with E-state index < -0.39 is 5.54 Å². The highest BCUT2D eigenvalue weighted by molar-refractivity contribution is 5.84. The average Bonchev–Trinajstić information content (AvgIpc) is 3.10. The van der Waals surface area contributed by atoms with Crippen LogP contribution in [-0.4, -0.2) is 23.6 Å². The van der Waals surface area contributed by atoms with Crippen LogP contribution in [0.3, 0.4) is 0 Å². The number of benzene rings is 1. The third-order valence-electron chi connectivity index (χ3n) is 3.87. The van der Waals surface area contributed by atoms with Gasteiger partial charge >= 0.3 is 0 Å². The number of nitrogens with one attached hydrogen (secondary N) is 1. The molecule has 0 saturated heterocycles. The van der Waals surface area contributed by atoms with E-state index >= 15 is 0 Å². The molecule has 1 amide bonds. The summed E-state index contributed by atoms with van der Waals surface area (Å²) in [6.07, 6.45) is 2.71. The fourth-order valence-electron chi connectivity index (χ4n) is 2.76. The Labute approximate surface area is 127 Å². The zero-order valence-electron chi connectivity index (χ0n) is 13.4. The number of hydrogen-bond acceptors (Lipinski definition) is 3. The SMILES string of the molecule is Cc1cc(C)cc(OC(C)CC(C)(NC2CC2)C(N)=O)c1. The average molecular weight is 290 g/mol. The fourth-order valence-corrected chi connectivity index (χ4v) is 2.76. The molecule has 1 aromatic rings. The van der Waals surface area contributed by atoms with Gasteiger partial charge in [0.25, 0.3) is 0 Å². The molecule has 0 bridgehead atoms. The number of hydrogen-bond donors (Lipinski definition) is 2. The lowest BCUT2D eigenvalue weighted by atomic mass is 9.93. The number of nitrogens with two attached hydrogens (primary N) is 1. The third kappa shape index (κ3) is 4.46. The molecule has 4 nitrogen and oxygen atoms in total. The summed E-state index contributed by atoms with van der Waals surface area (Å²) >= 11 is 0. The summed E-state index contributed by atoms with van der Waals surface area (Å²) in [5.74, 6) is 0.531. The zero-order valence-corrected chi connectivity index (χ0v) is 13.4. The van der Waals surface area contributed by atoms with Crippen LogP contribution >= 0.6 is 0 Å². The van der Waals surface area contributed by atoms with E-state index in [1.54, 1.807) is 0 Å². The van der Waals surface area contributed by atoms with Crippen LogP contribution in [0.2, 0.25) is 0 Å². The lowest BCUT2D eigenvalue weighted by molar-refractivity contribution is -0.124. The third-order valence-corrected chi connectivity index (χ3v) is 3.87. The second kappa shape index (κ2) is 6.06. The zero-order chi connectivity index (χ0) is 15.6. The van der Waals surface area contributed by atoms with Crippen molar-refractivity contribution in [1.29, 1.82) is 0 Å². The maximum absolute atomic E-state index is 11.8. The molecule has 1 saturated carbocycles. The highest BCUT2D eigenvalue weighted by Crippen LogP contribution is 2.26. The van der Waals surface area contributed by atoms with Crippen LogP contribution in [0.4, 0.5) is 0 Å². The number of aryl methyl sites for hydroxylation is 2. The van der Waals surface area contributed by atoms with Gasteiger partial charge in [-0.3, -0.25) is 4.79 Å². The van der Waals surface area contributed by atoms with Gasteiger partial charge < -0.3 is 15.8 Å². The van der Waals surface area contributed by atoms with E-state index in [-0.39, 0.29) is 12.0 Å². The largest absolute Gasteiger partial charge is 0.491 e. The maximum Gasteiger partial charge on any atom is 0.237 e. The molecule has 0 spiro atoms. The molecule has 2 unspecified atom stereocenters. The molecule has 1 aliphatic carbocycles. The topological polar surface area (TPSA) is 64.3 Å². The smallest absolute Gasteiger partial charge is 0.237 e. The van der Waals surface area contributed by atoms with E-state index in [1.807, 2.05) is 39.8 Å². The first-order chi connectivity index (χ1) is 9.78. The number of amides is 1. The molecule has 0 radical (unpaired) electrons. The van der Waals surface area contributed by atoms with Gasteiger partial charge in [-0.05, 0) is 63.8 Å². The molecule has 2 atom stereocenters. The van der Waals surface area contributed by atoms with Crippen molar-refractivity contribution in [3.05, 3.63) is 29.3 Å². The Balaban J connectivity index is 2.01. The number of primary amides is 1. The van der Waals surface area contributed by atoms with Crippen LogP contribution in [0.25, 0.3) is 0 Å². The molecule has 0 aliphatic heterocycles.